The molecule has 25 heavy (non-hydrogen) atoms. The van der Waals surface area contributed by atoms with Crippen molar-refractivity contribution < 1.29 is 27.5 Å². The highest BCUT2D eigenvalue weighted by Gasteiger charge is 2.33. The Kier molecular flexibility index (Phi) is 6.12. The second kappa shape index (κ2) is 7.92. The number of carbonyl (C=O) groups is 2. The number of aliphatic carboxylic acids is 1. The molecule has 0 aliphatic heterocycles. The van der Waals surface area contributed by atoms with Gasteiger partial charge >= 0.3 is 5.97 Å². The molecular weight excluding hydrogens is 351 g/mol. The average Bonchev–Trinajstić information content (AvgIpc) is 2.73. The van der Waals surface area contributed by atoms with E-state index in [-0.39, 0.29) is 10.6 Å². The van der Waals surface area contributed by atoms with Gasteiger partial charge in [-0.2, -0.15) is 0 Å². The van der Waals surface area contributed by atoms with Crippen molar-refractivity contribution in [3.05, 3.63) is 24.0 Å². The van der Waals surface area contributed by atoms with Gasteiger partial charge in [0.1, 0.15) is 5.82 Å². The molecule has 9 heteroatoms. The van der Waals surface area contributed by atoms with E-state index in [1.165, 1.54) is 6.92 Å². The normalized spacial score (nSPS) is 21.4. The molecule has 0 radical (unpaired) electrons. The molecule has 1 fully saturated rings. The lowest BCUT2D eigenvalue weighted by Crippen LogP contribution is -2.42. The summed E-state index contributed by atoms with van der Waals surface area (Å²) in [5.74, 6) is -3.12. The number of rotatable bonds is 5. The Bertz CT molecular complexity index is 766. The third-order valence-electron chi connectivity index (χ3n) is 4.20. The van der Waals surface area contributed by atoms with Crippen LogP contribution in [-0.4, -0.2) is 31.4 Å². The van der Waals surface area contributed by atoms with E-state index >= 15 is 0 Å². The molecule has 1 aliphatic rings. The molecular formula is C16H21FN2O5S. The molecule has 2 rings (SSSR count). The maximum absolute atomic E-state index is 13.7. The number of carboxylic acids is 1. The second-order valence-corrected chi connectivity index (χ2v) is 7.85. The third-order valence-corrected chi connectivity index (χ3v) is 5.69. The Balaban J connectivity index is 2.28. The zero-order valence-electron chi connectivity index (χ0n) is 13.8. The van der Waals surface area contributed by atoms with Gasteiger partial charge < -0.3 is 10.4 Å². The number of sulfonamides is 1. The maximum Gasteiger partial charge on any atom is 0.308 e. The number of hydrogen-bond acceptors (Lipinski definition) is 4. The molecule has 1 saturated carbocycles. The summed E-state index contributed by atoms with van der Waals surface area (Å²) in [6.07, 6.45) is 3.15. The molecule has 3 N–H and O–H groups in total. The lowest BCUT2D eigenvalue weighted by molar-refractivity contribution is -0.142. The van der Waals surface area contributed by atoms with E-state index in [0.29, 0.717) is 12.8 Å². The lowest BCUT2D eigenvalue weighted by atomic mass is 9.96. The van der Waals surface area contributed by atoms with Crippen LogP contribution in [0.2, 0.25) is 0 Å². The number of carboxylic acid groups (broad SMARTS) is 1. The van der Waals surface area contributed by atoms with Gasteiger partial charge in [0.15, 0.2) is 0 Å². The van der Waals surface area contributed by atoms with Crippen molar-refractivity contribution in [3.63, 3.8) is 0 Å². The first-order valence-corrected chi connectivity index (χ1v) is 9.51. The molecule has 1 aliphatic carbocycles. The van der Waals surface area contributed by atoms with Crippen LogP contribution in [0.1, 0.15) is 39.0 Å². The van der Waals surface area contributed by atoms with E-state index in [2.05, 4.69) is 10.0 Å². The van der Waals surface area contributed by atoms with Crippen LogP contribution in [0.5, 0.6) is 0 Å². The van der Waals surface area contributed by atoms with Crippen LogP contribution < -0.4 is 10.0 Å². The number of hydrogen-bond donors (Lipinski definition) is 3. The first-order chi connectivity index (χ1) is 11.7. The van der Waals surface area contributed by atoms with E-state index in [4.69, 9.17) is 0 Å². The Morgan fingerprint density at radius 2 is 1.88 bits per heavy atom. The van der Waals surface area contributed by atoms with Gasteiger partial charge in [-0.05, 0) is 31.0 Å². The zero-order chi connectivity index (χ0) is 18.6. The SMILES string of the molecule is CC(=O)Nc1cc(S(=O)(=O)N[C@@H]2CCCCC[C@@H]2C(=O)O)ccc1F. The van der Waals surface area contributed by atoms with Gasteiger partial charge in [0.05, 0.1) is 16.5 Å². The number of carbonyl (C=O) groups excluding carboxylic acids is 1. The Hall–Kier alpha value is -2.00. The minimum absolute atomic E-state index is 0.231. The van der Waals surface area contributed by atoms with Crippen molar-refractivity contribution >= 4 is 27.6 Å². The number of nitrogens with one attached hydrogen (secondary N) is 2. The van der Waals surface area contributed by atoms with E-state index < -0.39 is 39.7 Å². The first-order valence-electron chi connectivity index (χ1n) is 8.03. The van der Waals surface area contributed by atoms with Crippen LogP contribution in [0.15, 0.2) is 23.1 Å². The highest BCUT2D eigenvalue weighted by molar-refractivity contribution is 7.89. The molecule has 1 aromatic rings. The van der Waals surface area contributed by atoms with Gasteiger partial charge in [-0.3, -0.25) is 9.59 Å². The van der Waals surface area contributed by atoms with Crippen LogP contribution in [0.4, 0.5) is 10.1 Å². The number of anilines is 1. The summed E-state index contributed by atoms with van der Waals surface area (Å²) in [7, 11) is -4.05. The summed E-state index contributed by atoms with van der Waals surface area (Å²) in [5, 5.41) is 11.6. The predicted molar refractivity (Wildman–Crippen MR) is 89.0 cm³/mol. The molecule has 0 heterocycles. The summed E-state index contributed by atoms with van der Waals surface area (Å²) in [6, 6.07) is 2.32. The molecule has 1 aromatic carbocycles. The van der Waals surface area contributed by atoms with Crippen LogP contribution >= 0.6 is 0 Å². The number of amides is 1. The fraction of sp³-hybridized carbons (Fsp3) is 0.500. The summed E-state index contributed by atoms with van der Waals surface area (Å²) < 4.78 is 41.3. The molecule has 0 aromatic heterocycles. The largest absolute Gasteiger partial charge is 0.481 e. The van der Waals surface area contributed by atoms with E-state index in [0.717, 1.165) is 37.5 Å². The zero-order valence-corrected chi connectivity index (χ0v) is 14.6. The highest BCUT2D eigenvalue weighted by atomic mass is 32.2. The van der Waals surface area contributed by atoms with Gasteiger partial charge in [-0.25, -0.2) is 17.5 Å². The summed E-state index contributed by atoms with van der Waals surface area (Å²) >= 11 is 0. The summed E-state index contributed by atoms with van der Waals surface area (Å²) in [5.41, 5.74) is -0.244. The molecule has 2 atom stereocenters. The first kappa shape index (κ1) is 19.3. The van der Waals surface area contributed by atoms with Crippen molar-refractivity contribution in [2.75, 3.05) is 5.32 Å². The van der Waals surface area contributed by atoms with Gasteiger partial charge in [0.2, 0.25) is 15.9 Å². The predicted octanol–water partition coefficient (Wildman–Crippen LogP) is 2.10. The standard InChI is InChI=1S/C16H21FN2O5S/c1-10(20)18-15-9-11(7-8-13(15)17)25(23,24)19-14-6-4-2-3-5-12(14)16(21)22/h7-9,12,14,19H,2-6H2,1H3,(H,18,20)(H,21,22)/t12-,14+/m0/s1. The maximum atomic E-state index is 13.7. The highest BCUT2D eigenvalue weighted by Crippen LogP contribution is 2.26. The van der Waals surface area contributed by atoms with Crippen LogP contribution in [-0.2, 0) is 19.6 Å². The molecule has 0 unspecified atom stereocenters. The molecule has 0 bridgehead atoms. The van der Waals surface area contributed by atoms with E-state index in [1.54, 1.807) is 0 Å². The fourth-order valence-corrected chi connectivity index (χ4v) is 4.31. The van der Waals surface area contributed by atoms with Gasteiger partial charge in [0, 0.05) is 13.0 Å². The number of halogens is 1. The summed E-state index contributed by atoms with van der Waals surface area (Å²) in [4.78, 5) is 22.3. The topological polar surface area (TPSA) is 113 Å². The van der Waals surface area contributed by atoms with Crippen molar-refractivity contribution in [1.82, 2.24) is 4.72 Å². The van der Waals surface area contributed by atoms with Crippen molar-refractivity contribution in [3.8, 4) is 0 Å². The van der Waals surface area contributed by atoms with Crippen LogP contribution in [0, 0.1) is 11.7 Å². The fourth-order valence-electron chi connectivity index (χ4n) is 2.97. The minimum atomic E-state index is -4.05. The Labute approximate surface area is 145 Å². The van der Waals surface area contributed by atoms with Gasteiger partial charge in [0.25, 0.3) is 0 Å². The number of benzene rings is 1. The minimum Gasteiger partial charge on any atom is -0.481 e. The summed E-state index contributed by atoms with van der Waals surface area (Å²) in [6.45, 7) is 1.18. The Morgan fingerprint density at radius 1 is 1.20 bits per heavy atom. The molecule has 1 amide bonds. The van der Waals surface area contributed by atoms with E-state index in [1.807, 2.05) is 0 Å². The molecule has 138 valence electrons. The van der Waals surface area contributed by atoms with Crippen LogP contribution in [0.25, 0.3) is 0 Å². The smallest absolute Gasteiger partial charge is 0.308 e. The second-order valence-electron chi connectivity index (χ2n) is 6.13. The molecule has 0 spiro atoms. The van der Waals surface area contributed by atoms with Crippen molar-refractivity contribution in [1.29, 1.82) is 0 Å². The van der Waals surface area contributed by atoms with Gasteiger partial charge in [-0.15, -0.1) is 0 Å². The molecule has 0 saturated heterocycles. The molecule has 7 nitrogen and oxygen atoms in total. The third kappa shape index (κ3) is 4.99. The van der Waals surface area contributed by atoms with E-state index in [9.17, 15) is 27.5 Å². The Morgan fingerprint density at radius 3 is 2.52 bits per heavy atom. The van der Waals surface area contributed by atoms with Crippen molar-refractivity contribution in [2.45, 2.75) is 50.0 Å². The van der Waals surface area contributed by atoms with Gasteiger partial charge in [-0.1, -0.05) is 19.3 Å². The average molecular weight is 372 g/mol. The monoisotopic (exact) mass is 372 g/mol. The quantitative estimate of drug-likeness (QED) is 0.685. The lowest BCUT2D eigenvalue weighted by Gasteiger charge is -2.23. The van der Waals surface area contributed by atoms with Crippen LogP contribution in [0.3, 0.4) is 0 Å². The van der Waals surface area contributed by atoms with Crippen molar-refractivity contribution in [2.24, 2.45) is 5.92 Å².